The molecule has 0 bridgehead atoms. The van der Waals surface area contributed by atoms with Crippen LogP contribution in [-0.4, -0.2) is 32.2 Å². The van der Waals surface area contributed by atoms with Crippen molar-refractivity contribution < 1.29 is 14.3 Å². The van der Waals surface area contributed by atoms with E-state index in [4.69, 9.17) is 15.2 Å². The first-order chi connectivity index (χ1) is 9.26. The van der Waals surface area contributed by atoms with E-state index in [1.807, 2.05) is 25.1 Å². The highest BCUT2D eigenvalue weighted by molar-refractivity contribution is 5.93. The molecule has 0 spiro atoms. The Hall–Kier alpha value is -1.75. The van der Waals surface area contributed by atoms with Crippen molar-refractivity contribution in [1.82, 2.24) is 0 Å². The fraction of sp³-hybridized carbons (Fsp3) is 0.500. The predicted molar refractivity (Wildman–Crippen MR) is 73.7 cm³/mol. The van der Waals surface area contributed by atoms with Gasteiger partial charge in [-0.2, -0.15) is 0 Å². The van der Waals surface area contributed by atoms with Crippen LogP contribution in [0.25, 0.3) is 0 Å². The molecule has 0 unspecified atom stereocenters. The van der Waals surface area contributed by atoms with Gasteiger partial charge in [-0.1, -0.05) is 6.92 Å². The van der Waals surface area contributed by atoms with Gasteiger partial charge < -0.3 is 20.1 Å². The van der Waals surface area contributed by atoms with Gasteiger partial charge in [0.05, 0.1) is 0 Å². The highest BCUT2D eigenvalue weighted by Gasteiger charge is 2.17. The Morgan fingerprint density at radius 1 is 1.32 bits per heavy atom. The van der Waals surface area contributed by atoms with Crippen molar-refractivity contribution in [1.29, 1.82) is 0 Å². The molecule has 0 aromatic heterocycles. The molecular weight excluding hydrogens is 244 g/mol. The fourth-order valence-electron chi connectivity index (χ4n) is 2.04. The molecule has 1 aromatic carbocycles. The van der Waals surface area contributed by atoms with Gasteiger partial charge in [0.1, 0.15) is 13.2 Å². The molecule has 104 valence electrons. The smallest absolute Gasteiger partial charge is 0.226 e. The third-order valence-electron chi connectivity index (χ3n) is 3.03. The van der Waals surface area contributed by atoms with E-state index in [9.17, 15) is 4.79 Å². The van der Waals surface area contributed by atoms with Crippen molar-refractivity contribution in [3.8, 4) is 11.5 Å². The van der Waals surface area contributed by atoms with E-state index in [2.05, 4.69) is 0 Å². The van der Waals surface area contributed by atoms with Crippen molar-refractivity contribution in [2.24, 2.45) is 5.73 Å². The summed E-state index contributed by atoms with van der Waals surface area (Å²) in [5.41, 5.74) is 6.36. The first-order valence-electron chi connectivity index (χ1n) is 6.66. The predicted octanol–water partition coefficient (Wildman–Crippen LogP) is 1.55. The molecule has 0 aliphatic carbocycles. The quantitative estimate of drug-likeness (QED) is 0.876. The van der Waals surface area contributed by atoms with Gasteiger partial charge in [-0.25, -0.2) is 0 Å². The van der Waals surface area contributed by atoms with Crippen LogP contribution in [0.3, 0.4) is 0 Å². The van der Waals surface area contributed by atoms with Crippen LogP contribution in [0.2, 0.25) is 0 Å². The molecule has 1 aromatic rings. The number of amides is 1. The van der Waals surface area contributed by atoms with E-state index in [-0.39, 0.29) is 5.91 Å². The maximum absolute atomic E-state index is 12.0. The van der Waals surface area contributed by atoms with Crippen molar-refractivity contribution >= 4 is 11.6 Å². The molecule has 0 saturated carbocycles. The number of hydrogen-bond donors (Lipinski definition) is 1. The molecule has 1 amide bonds. The average molecular weight is 264 g/mol. The van der Waals surface area contributed by atoms with E-state index >= 15 is 0 Å². The minimum Gasteiger partial charge on any atom is -0.486 e. The number of ether oxygens (including phenoxy) is 2. The van der Waals surface area contributed by atoms with Crippen molar-refractivity contribution in [3.05, 3.63) is 18.2 Å². The fourth-order valence-corrected chi connectivity index (χ4v) is 2.04. The minimum atomic E-state index is 0.0881. The Morgan fingerprint density at radius 2 is 2.05 bits per heavy atom. The minimum absolute atomic E-state index is 0.0881. The SMILES string of the molecule is CCC(=O)N(CCCN)c1ccc2c(c1)OCCO2. The third-order valence-corrected chi connectivity index (χ3v) is 3.03. The van der Waals surface area contributed by atoms with Crippen LogP contribution in [0.15, 0.2) is 18.2 Å². The Morgan fingerprint density at radius 3 is 2.74 bits per heavy atom. The number of anilines is 1. The monoisotopic (exact) mass is 264 g/mol. The van der Waals surface area contributed by atoms with Crippen LogP contribution in [0.1, 0.15) is 19.8 Å². The summed E-state index contributed by atoms with van der Waals surface area (Å²) in [6, 6.07) is 5.60. The second-order valence-electron chi connectivity index (χ2n) is 4.37. The van der Waals surface area contributed by atoms with Gasteiger partial charge in [-0.15, -0.1) is 0 Å². The van der Waals surface area contributed by atoms with Gasteiger partial charge in [0, 0.05) is 24.7 Å². The maximum Gasteiger partial charge on any atom is 0.226 e. The Bertz CT molecular complexity index is 448. The molecule has 5 heteroatoms. The van der Waals surface area contributed by atoms with Gasteiger partial charge in [0.2, 0.25) is 5.91 Å². The number of hydrogen-bond acceptors (Lipinski definition) is 4. The lowest BCUT2D eigenvalue weighted by molar-refractivity contribution is -0.118. The van der Waals surface area contributed by atoms with Crippen LogP contribution in [0.4, 0.5) is 5.69 Å². The number of rotatable bonds is 5. The second-order valence-corrected chi connectivity index (χ2v) is 4.37. The highest BCUT2D eigenvalue weighted by Crippen LogP contribution is 2.34. The van der Waals surface area contributed by atoms with E-state index in [1.54, 1.807) is 4.90 Å². The Kier molecular flexibility index (Phi) is 4.63. The number of benzene rings is 1. The van der Waals surface area contributed by atoms with Crippen molar-refractivity contribution in [2.45, 2.75) is 19.8 Å². The van der Waals surface area contributed by atoms with Gasteiger partial charge in [0.25, 0.3) is 0 Å². The molecule has 1 aliphatic rings. The van der Waals surface area contributed by atoms with Crippen LogP contribution in [0.5, 0.6) is 11.5 Å². The molecule has 0 saturated heterocycles. The summed E-state index contributed by atoms with van der Waals surface area (Å²) in [6.07, 6.45) is 1.25. The van der Waals surface area contributed by atoms with Gasteiger partial charge in [0.15, 0.2) is 11.5 Å². The summed E-state index contributed by atoms with van der Waals surface area (Å²) < 4.78 is 11.0. The summed E-state index contributed by atoms with van der Waals surface area (Å²) in [5, 5.41) is 0. The first-order valence-corrected chi connectivity index (χ1v) is 6.66. The zero-order valence-corrected chi connectivity index (χ0v) is 11.2. The topological polar surface area (TPSA) is 64.8 Å². The van der Waals surface area contributed by atoms with Crippen molar-refractivity contribution in [3.63, 3.8) is 0 Å². The first kappa shape index (κ1) is 13.7. The Labute approximate surface area is 113 Å². The lowest BCUT2D eigenvalue weighted by Gasteiger charge is -2.25. The van der Waals surface area contributed by atoms with E-state index < -0.39 is 0 Å². The largest absolute Gasteiger partial charge is 0.486 e. The van der Waals surface area contributed by atoms with Crippen LogP contribution < -0.4 is 20.1 Å². The van der Waals surface area contributed by atoms with E-state index in [0.29, 0.717) is 38.5 Å². The van der Waals surface area contributed by atoms with Crippen molar-refractivity contribution in [2.75, 3.05) is 31.2 Å². The van der Waals surface area contributed by atoms with E-state index in [0.717, 1.165) is 17.9 Å². The molecule has 5 nitrogen and oxygen atoms in total. The van der Waals surface area contributed by atoms with Gasteiger partial charge >= 0.3 is 0 Å². The maximum atomic E-state index is 12.0. The lowest BCUT2D eigenvalue weighted by Crippen LogP contribution is -2.32. The Balaban J connectivity index is 2.22. The average Bonchev–Trinajstić information content (AvgIpc) is 2.47. The third kappa shape index (κ3) is 3.17. The lowest BCUT2D eigenvalue weighted by atomic mass is 10.2. The summed E-state index contributed by atoms with van der Waals surface area (Å²) in [4.78, 5) is 13.8. The van der Waals surface area contributed by atoms with Crippen LogP contribution in [-0.2, 0) is 4.79 Å². The van der Waals surface area contributed by atoms with Gasteiger partial charge in [-0.3, -0.25) is 4.79 Å². The van der Waals surface area contributed by atoms with Gasteiger partial charge in [-0.05, 0) is 25.1 Å². The molecule has 19 heavy (non-hydrogen) atoms. The number of nitrogens with zero attached hydrogens (tertiary/aromatic N) is 1. The summed E-state index contributed by atoms with van der Waals surface area (Å²) in [6.45, 7) is 4.16. The number of carbonyl (C=O) groups is 1. The molecule has 0 fully saturated rings. The second kappa shape index (κ2) is 6.43. The summed E-state index contributed by atoms with van der Waals surface area (Å²) in [5.74, 6) is 1.52. The number of nitrogens with two attached hydrogens (primary N) is 1. The molecule has 1 heterocycles. The molecule has 0 atom stereocenters. The van der Waals surface area contributed by atoms with Crippen LogP contribution >= 0.6 is 0 Å². The molecular formula is C14H20N2O3. The molecule has 2 rings (SSSR count). The normalized spacial score (nSPS) is 13.2. The zero-order chi connectivity index (χ0) is 13.7. The summed E-state index contributed by atoms with van der Waals surface area (Å²) in [7, 11) is 0. The standard InChI is InChI=1S/C14H20N2O3/c1-2-14(17)16(7-3-6-15)11-4-5-12-13(10-11)19-9-8-18-12/h4-5,10H,2-3,6-9,15H2,1H3. The summed E-state index contributed by atoms with van der Waals surface area (Å²) >= 11 is 0. The van der Waals surface area contributed by atoms with Crippen LogP contribution in [0, 0.1) is 0 Å². The molecule has 0 radical (unpaired) electrons. The number of carbonyl (C=O) groups excluding carboxylic acids is 1. The number of fused-ring (bicyclic) bond motifs is 1. The van der Waals surface area contributed by atoms with E-state index in [1.165, 1.54) is 0 Å². The molecule has 2 N–H and O–H groups in total. The molecule has 1 aliphatic heterocycles. The zero-order valence-electron chi connectivity index (χ0n) is 11.2. The highest BCUT2D eigenvalue weighted by atomic mass is 16.6.